The van der Waals surface area contributed by atoms with E-state index in [1.54, 1.807) is 25.7 Å². The number of likely N-dealkylation sites (tertiary alicyclic amines) is 1. The lowest BCUT2D eigenvalue weighted by molar-refractivity contribution is 0.00713. The smallest absolute Gasteiger partial charge is 0.000937 e. The number of nitrogens with zero attached hydrogens (tertiary/aromatic N) is 1. The molecule has 0 aromatic carbocycles. The van der Waals surface area contributed by atoms with Gasteiger partial charge in [0.1, 0.15) is 0 Å². The second kappa shape index (κ2) is 5.15. The Morgan fingerprint density at radius 3 is 2.33 bits per heavy atom. The molecule has 104 valence electrons. The second-order valence-corrected chi connectivity index (χ2v) is 7.88. The molecule has 1 aliphatic heterocycles. The van der Waals surface area contributed by atoms with Crippen LogP contribution in [0.4, 0.5) is 0 Å². The predicted molar refractivity (Wildman–Crippen MR) is 77.5 cm³/mol. The lowest BCUT2D eigenvalue weighted by atomic mass is 9.59. The first-order chi connectivity index (χ1) is 8.63. The second-order valence-electron chi connectivity index (χ2n) is 7.88. The highest BCUT2D eigenvalue weighted by Crippen LogP contribution is 2.50. The highest BCUT2D eigenvalue weighted by atomic mass is 15.1. The minimum absolute atomic E-state index is 0.918. The van der Waals surface area contributed by atoms with E-state index in [2.05, 4.69) is 25.8 Å². The number of rotatable bonds is 1. The Labute approximate surface area is 113 Å². The zero-order valence-corrected chi connectivity index (χ0v) is 12.6. The molecule has 18 heavy (non-hydrogen) atoms. The molecule has 1 heteroatoms. The summed E-state index contributed by atoms with van der Waals surface area (Å²) in [5.41, 5.74) is 0. The van der Waals surface area contributed by atoms with Crippen LogP contribution in [0.5, 0.6) is 0 Å². The van der Waals surface area contributed by atoms with E-state index in [1.165, 1.54) is 25.9 Å². The third-order valence-corrected chi connectivity index (χ3v) is 6.43. The van der Waals surface area contributed by atoms with E-state index in [4.69, 9.17) is 0 Å². The zero-order valence-electron chi connectivity index (χ0n) is 12.6. The Kier molecular flexibility index (Phi) is 3.71. The van der Waals surface area contributed by atoms with Crippen molar-refractivity contribution in [2.24, 2.45) is 35.5 Å². The van der Waals surface area contributed by atoms with Gasteiger partial charge in [-0.15, -0.1) is 0 Å². The van der Waals surface area contributed by atoms with Crippen LogP contribution in [0.1, 0.15) is 52.4 Å². The molecule has 5 atom stereocenters. The topological polar surface area (TPSA) is 3.24 Å². The maximum Gasteiger partial charge on any atom is 0.000937 e. The molecule has 0 bridgehead atoms. The summed E-state index contributed by atoms with van der Waals surface area (Å²) in [6.45, 7) is 7.62. The normalized spacial score (nSPS) is 45.7. The zero-order chi connectivity index (χ0) is 12.7. The van der Waals surface area contributed by atoms with Gasteiger partial charge in [0, 0.05) is 6.54 Å². The van der Waals surface area contributed by atoms with Gasteiger partial charge in [0.05, 0.1) is 0 Å². The predicted octanol–water partition coefficient (Wildman–Crippen LogP) is 4.04. The van der Waals surface area contributed by atoms with Crippen LogP contribution in [-0.2, 0) is 0 Å². The van der Waals surface area contributed by atoms with Crippen LogP contribution in [-0.4, -0.2) is 25.0 Å². The van der Waals surface area contributed by atoms with Crippen molar-refractivity contribution < 1.29 is 0 Å². The monoisotopic (exact) mass is 249 g/mol. The Bertz CT molecular complexity index is 285. The molecule has 0 amide bonds. The van der Waals surface area contributed by atoms with Crippen molar-refractivity contribution in [3.05, 3.63) is 0 Å². The molecule has 3 aliphatic rings. The molecule has 2 aliphatic carbocycles. The van der Waals surface area contributed by atoms with Crippen molar-refractivity contribution in [3.63, 3.8) is 0 Å². The third-order valence-electron chi connectivity index (χ3n) is 6.43. The maximum atomic E-state index is 2.57. The van der Waals surface area contributed by atoms with E-state index < -0.39 is 0 Å². The largest absolute Gasteiger partial charge is 0.306 e. The third kappa shape index (κ3) is 2.48. The number of fused-ring (bicyclic) bond motifs is 2. The van der Waals surface area contributed by atoms with Crippen LogP contribution in [0.15, 0.2) is 0 Å². The van der Waals surface area contributed by atoms with E-state index in [0.29, 0.717) is 0 Å². The molecular weight excluding hydrogens is 218 g/mol. The van der Waals surface area contributed by atoms with Crippen LogP contribution in [0, 0.1) is 35.5 Å². The molecule has 1 heterocycles. The van der Waals surface area contributed by atoms with Gasteiger partial charge in [-0.05, 0) is 87.6 Å². The van der Waals surface area contributed by atoms with Gasteiger partial charge in [0.2, 0.25) is 0 Å². The number of piperidine rings is 1. The molecule has 0 aromatic rings. The molecule has 1 saturated heterocycles. The van der Waals surface area contributed by atoms with Gasteiger partial charge in [-0.25, -0.2) is 0 Å². The molecule has 0 aromatic heterocycles. The summed E-state index contributed by atoms with van der Waals surface area (Å²) < 4.78 is 0. The van der Waals surface area contributed by atoms with E-state index in [9.17, 15) is 0 Å². The quantitative estimate of drug-likeness (QED) is 0.678. The molecule has 2 saturated carbocycles. The Hall–Kier alpha value is -0.0400. The van der Waals surface area contributed by atoms with Gasteiger partial charge in [-0.2, -0.15) is 0 Å². The summed E-state index contributed by atoms with van der Waals surface area (Å²) in [4.78, 5) is 2.57. The van der Waals surface area contributed by atoms with E-state index in [0.717, 1.165) is 35.5 Å². The van der Waals surface area contributed by atoms with Gasteiger partial charge in [-0.3, -0.25) is 0 Å². The van der Waals surface area contributed by atoms with Crippen molar-refractivity contribution in [1.29, 1.82) is 0 Å². The Morgan fingerprint density at radius 2 is 1.56 bits per heavy atom. The van der Waals surface area contributed by atoms with E-state index in [-0.39, 0.29) is 0 Å². The number of hydrogen-bond donors (Lipinski definition) is 0. The van der Waals surface area contributed by atoms with Gasteiger partial charge in [-0.1, -0.05) is 13.8 Å². The molecule has 3 rings (SSSR count). The van der Waals surface area contributed by atoms with Crippen LogP contribution in [0.3, 0.4) is 0 Å². The highest BCUT2D eigenvalue weighted by molar-refractivity contribution is 4.93. The van der Waals surface area contributed by atoms with Gasteiger partial charge >= 0.3 is 0 Å². The number of hydrogen-bond acceptors (Lipinski definition) is 1. The summed E-state index contributed by atoms with van der Waals surface area (Å²) in [6.07, 6.45) is 9.24. The van der Waals surface area contributed by atoms with Crippen LogP contribution >= 0.6 is 0 Å². The summed E-state index contributed by atoms with van der Waals surface area (Å²) >= 11 is 0. The van der Waals surface area contributed by atoms with Gasteiger partial charge in [0.15, 0.2) is 0 Å². The first-order valence-corrected chi connectivity index (χ1v) is 8.32. The van der Waals surface area contributed by atoms with Crippen molar-refractivity contribution in [3.8, 4) is 0 Å². The van der Waals surface area contributed by atoms with Crippen LogP contribution < -0.4 is 0 Å². The summed E-state index contributed by atoms with van der Waals surface area (Å²) in [7, 11) is 2.32. The molecular formula is C17H31N. The van der Waals surface area contributed by atoms with E-state index >= 15 is 0 Å². The minimum Gasteiger partial charge on any atom is -0.306 e. The first kappa shape index (κ1) is 13.0. The van der Waals surface area contributed by atoms with Crippen LogP contribution in [0.25, 0.3) is 0 Å². The molecule has 0 radical (unpaired) electrons. The summed E-state index contributed by atoms with van der Waals surface area (Å²) in [6, 6.07) is 0. The lowest BCUT2D eigenvalue weighted by Gasteiger charge is -2.49. The average Bonchev–Trinajstić information content (AvgIpc) is 2.35. The van der Waals surface area contributed by atoms with E-state index in [1.807, 2.05) is 0 Å². The van der Waals surface area contributed by atoms with Crippen LogP contribution in [0.2, 0.25) is 0 Å². The first-order valence-electron chi connectivity index (χ1n) is 8.32. The summed E-state index contributed by atoms with van der Waals surface area (Å²) in [5.74, 6) is 6.26. The maximum absolute atomic E-state index is 2.57. The van der Waals surface area contributed by atoms with Crippen molar-refractivity contribution in [2.75, 3.05) is 20.1 Å². The van der Waals surface area contributed by atoms with Gasteiger partial charge in [0.25, 0.3) is 0 Å². The fourth-order valence-electron chi connectivity index (χ4n) is 5.19. The molecule has 1 nitrogen and oxygen atoms in total. The molecule has 0 spiro atoms. The molecule has 5 unspecified atom stereocenters. The Morgan fingerprint density at radius 1 is 0.833 bits per heavy atom. The standard InChI is InChI=1S/C17H31N/c1-12(2)13-4-5-14-10-17-11-18(3)7-6-15(17)9-16(14)8-13/h12-17H,4-11H2,1-3H3. The SMILES string of the molecule is CC(C)C1CCC2CC3CN(C)CCC3CC2C1. The molecule has 3 fully saturated rings. The molecule has 0 N–H and O–H groups in total. The lowest BCUT2D eigenvalue weighted by Crippen LogP contribution is -2.45. The van der Waals surface area contributed by atoms with Crippen molar-refractivity contribution >= 4 is 0 Å². The highest BCUT2D eigenvalue weighted by Gasteiger charge is 2.41. The van der Waals surface area contributed by atoms with Gasteiger partial charge < -0.3 is 4.90 Å². The van der Waals surface area contributed by atoms with Crippen molar-refractivity contribution in [2.45, 2.75) is 52.4 Å². The minimum atomic E-state index is 0.918. The summed E-state index contributed by atoms with van der Waals surface area (Å²) in [5, 5.41) is 0. The fourth-order valence-corrected chi connectivity index (χ4v) is 5.19. The average molecular weight is 249 g/mol. The van der Waals surface area contributed by atoms with Crippen molar-refractivity contribution in [1.82, 2.24) is 4.90 Å². The Balaban J connectivity index is 1.63. The fraction of sp³-hybridized carbons (Fsp3) is 1.00.